The summed E-state index contributed by atoms with van der Waals surface area (Å²) in [7, 11) is 0. The lowest BCUT2D eigenvalue weighted by atomic mass is 9.95. The third-order valence-corrected chi connectivity index (χ3v) is 6.12. The van der Waals surface area contributed by atoms with Crippen molar-refractivity contribution in [1.29, 1.82) is 0 Å². The molecule has 0 spiro atoms. The van der Waals surface area contributed by atoms with Crippen LogP contribution in [0, 0.1) is 12.8 Å². The highest BCUT2D eigenvalue weighted by atomic mass is 16.5. The number of hydrogen-bond acceptors (Lipinski definition) is 3. The van der Waals surface area contributed by atoms with Crippen molar-refractivity contribution in [3.8, 4) is 5.75 Å². The van der Waals surface area contributed by atoms with Crippen molar-refractivity contribution in [3.05, 3.63) is 59.2 Å². The fourth-order valence-electron chi connectivity index (χ4n) is 4.28. The van der Waals surface area contributed by atoms with Gasteiger partial charge < -0.3 is 20.7 Å². The quantitative estimate of drug-likeness (QED) is 0.673. The van der Waals surface area contributed by atoms with E-state index < -0.39 is 0 Å². The van der Waals surface area contributed by atoms with E-state index in [1.165, 1.54) is 24.8 Å². The lowest BCUT2D eigenvalue weighted by Gasteiger charge is -2.26. The first-order valence-electron chi connectivity index (χ1n) is 11.2. The molecular weight excluding hydrogens is 390 g/mol. The number of aryl methyl sites for hydroxylation is 1. The van der Waals surface area contributed by atoms with Crippen molar-refractivity contribution in [2.75, 3.05) is 11.9 Å². The van der Waals surface area contributed by atoms with E-state index in [1.54, 1.807) is 0 Å². The molecule has 3 N–H and O–H groups in total. The van der Waals surface area contributed by atoms with Gasteiger partial charge in [0.05, 0.1) is 5.92 Å². The Balaban J connectivity index is 1.31. The van der Waals surface area contributed by atoms with Crippen LogP contribution in [-0.4, -0.2) is 24.6 Å². The van der Waals surface area contributed by atoms with Gasteiger partial charge in [0.15, 0.2) is 0 Å². The first-order valence-corrected chi connectivity index (χ1v) is 11.2. The zero-order valence-electron chi connectivity index (χ0n) is 18.1. The highest BCUT2D eigenvalue weighted by Gasteiger charge is 2.26. The number of urea groups is 1. The van der Waals surface area contributed by atoms with Gasteiger partial charge in [-0.2, -0.15) is 0 Å². The molecule has 0 bridgehead atoms. The Labute approximate surface area is 183 Å². The number of amides is 3. The number of hydrogen-bond donors (Lipinski definition) is 3. The third-order valence-electron chi connectivity index (χ3n) is 6.12. The molecule has 4 rings (SSSR count). The molecule has 1 unspecified atom stereocenters. The molecule has 6 heteroatoms. The summed E-state index contributed by atoms with van der Waals surface area (Å²) in [5, 5.41) is 9.01. The molecule has 1 heterocycles. The molecular formula is C25H31N3O3. The topological polar surface area (TPSA) is 79.5 Å². The van der Waals surface area contributed by atoms with Crippen molar-refractivity contribution in [1.82, 2.24) is 10.6 Å². The molecule has 6 nitrogen and oxygen atoms in total. The zero-order chi connectivity index (χ0) is 21.6. The predicted octanol–water partition coefficient (Wildman–Crippen LogP) is 4.32. The number of benzene rings is 2. The van der Waals surface area contributed by atoms with E-state index in [4.69, 9.17) is 4.74 Å². The van der Waals surface area contributed by atoms with Crippen LogP contribution in [0.1, 0.15) is 48.8 Å². The molecule has 31 heavy (non-hydrogen) atoms. The number of anilines is 1. The Morgan fingerprint density at radius 3 is 2.58 bits per heavy atom. The van der Waals surface area contributed by atoms with Gasteiger partial charge in [0.2, 0.25) is 5.91 Å². The van der Waals surface area contributed by atoms with Crippen LogP contribution in [0.3, 0.4) is 0 Å². The molecule has 1 fully saturated rings. The molecule has 2 aliphatic rings. The van der Waals surface area contributed by atoms with E-state index in [9.17, 15) is 9.59 Å². The number of carbonyl (C=O) groups is 2. The third kappa shape index (κ3) is 5.78. The molecule has 0 aromatic heterocycles. The second-order valence-corrected chi connectivity index (χ2v) is 8.67. The van der Waals surface area contributed by atoms with Crippen LogP contribution in [0.5, 0.6) is 5.75 Å². The number of fused-ring (bicyclic) bond motifs is 1. The predicted molar refractivity (Wildman–Crippen MR) is 121 cm³/mol. The summed E-state index contributed by atoms with van der Waals surface area (Å²) >= 11 is 0. The molecule has 0 saturated heterocycles. The first-order chi connectivity index (χ1) is 15.1. The summed E-state index contributed by atoms with van der Waals surface area (Å²) in [4.78, 5) is 25.0. The standard InChI is InChI=1S/C25H31N3O3/c1-17-7-9-18(10-8-17)15-26-24(29)20-13-19-14-22(11-12-23(19)31-16-20)28-25(30)27-21-5-3-2-4-6-21/h7-12,14,20-21H,2-6,13,15-16H2,1H3,(H,26,29)(H2,27,28,30). The van der Waals surface area contributed by atoms with Gasteiger partial charge in [-0.15, -0.1) is 0 Å². The largest absolute Gasteiger partial charge is 0.492 e. The minimum absolute atomic E-state index is 0.0142. The molecule has 1 aliphatic heterocycles. The van der Waals surface area contributed by atoms with Crippen LogP contribution in [0.4, 0.5) is 10.5 Å². The Bertz CT molecular complexity index is 920. The van der Waals surface area contributed by atoms with Crippen molar-refractivity contribution in [3.63, 3.8) is 0 Å². The van der Waals surface area contributed by atoms with E-state index >= 15 is 0 Å². The van der Waals surface area contributed by atoms with Crippen LogP contribution >= 0.6 is 0 Å². The Kier molecular flexibility index (Phi) is 6.75. The van der Waals surface area contributed by atoms with Crippen LogP contribution < -0.4 is 20.7 Å². The number of ether oxygens (including phenoxy) is 1. The van der Waals surface area contributed by atoms with Crippen LogP contribution in [0.25, 0.3) is 0 Å². The normalized spacial score (nSPS) is 18.4. The summed E-state index contributed by atoms with van der Waals surface area (Å²) in [6.07, 6.45) is 6.29. The minimum atomic E-state index is -0.246. The van der Waals surface area contributed by atoms with E-state index in [2.05, 4.69) is 16.0 Å². The van der Waals surface area contributed by atoms with Gasteiger partial charge in [-0.1, -0.05) is 49.1 Å². The zero-order valence-corrected chi connectivity index (χ0v) is 18.1. The van der Waals surface area contributed by atoms with Gasteiger partial charge >= 0.3 is 6.03 Å². The maximum atomic E-state index is 12.7. The van der Waals surface area contributed by atoms with E-state index in [0.29, 0.717) is 19.6 Å². The van der Waals surface area contributed by atoms with Crippen molar-refractivity contribution in [2.45, 2.75) is 58.0 Å². The highest BCUT2D eigenvalue weighted by Crippen LogP contribution is 2.30. The van der Waals surface area contributed by atoms with Gasteiger partial charge in [-0.05, 0) is 55.5 Å². The fraction of sp³-hybridized carbons (Fsp3) is 0.440. The minimum Gasteiger partial charge on any atom is -0.492 e. The van der Waals surface area contributed by atoms with Crippen LogP contribution in [0.15, 0.2) is 42.5 Å². The molecule has 1 atom stereocenters. The van der Waals surface area contributed by atoms with Gasteiger partial charge in [-0.3, -0.25) is 4.79 Å². The lowest BCUT2D eigenvalue weighted by Crippen LogP contribution is -2.39. The number of nitrogens with one attached hydrogen (secondary N) is 3. The van der Waals surface area contributed by atoms with Gasteiger partial charge in [0.25, 0.3) is 0 Å². The molecule has 3 amide bonds. The highest BCUT2D eigenvalue weighted by molar-refractivity contribution is 5.89. The van der Waals surface area contributed by atoms with Crippen LogP contribution in [0.2, 0.25) is 0 Å². The molecule has 1 saturated carbocycles. The summed E-state index contributed by atoms with van der Waals surface area (Å²) in [6.45, 7) is 2.91. The average molecular weight is 422 g/mol. The van der Waals surface area contributed by atoms with Gasteiger partial charge in [0.1, 0.15) is 12.4 Å². The first kappa shape index (κ1) is 21.2. The smallest absolute Gasteiger partial charge is 0.319 e. The average Bonchev–Trinajstić information content (AvgIpc) is 2.78. The number of carbonyl (C=O) groups excluding carboxylic acids is 2. The van der Waals surface area contributed by atoms with Gasteiger partial charge in [-0.25, -0.2) is 4.79 Å². The number of rotatable bonds is 5. The van der Waals surface area contributed by atoms with E-state index in [-0.39, 0.29) is 23.9 Å². The summed E-state index contributed by atoms with van der Waals surface area (Å²) in [5.74, 6) is 0.518. The van der Waals surface area contributed by atoms with E-state index in [0.717, 1.165) is 35.4 Å². The maximum absolute atomic E-state index is 12.7. The summed E-state index contributed by atoms with van der Waals surface area (Å²) in [5.41, 5.74) is 3.93. The monoisotopic (exact) mass is 421 g/mol. The van der Waals surface area contributed by atoms with Gasteiger partial charge in [0, 0.05) is 18.3 Å². The van der Waals surface area contributed by atoms with Crippen molar-refractivity contribution >= 4 is 17.6 Å². The molecule has 2 aromatic rings. The Morgan fingerprint density at radius 2 is 1.81 bits per heavy atom. The second-order valence-electron chi connectivity index (χ2n) is 8.67. The SMILES string of the molecule is Cc1ccc(CNC(=O)C2COc3ccc(NC(=O)NC4CCCCC4)cc3C2)cc1. The Hall–Kier alpha value is -3.02. The Morgan fingerprint density at radius 1 is 1.03 bits per heavy atom. The molecule has 1 aliphatic carbocycles. The van der Waals surface area contributed by atoms with Crippen molar-refractivity contribution < 1.29 is 14.3 Å². The maximum Gasteiger partial charge on any atom is 0.319 e. The summed E-state index contributed by atoms with van der Waals surface area (Å²) < 4.78 is 5.82. The lowest BCUT2D eigenvalue weighted by molar-refractivity contribution is -0.126. The second kappa shape index (κ2) is 9.86. The van der Waals surface area contributed by atoms with E-state index in [1.807, 2.05) is 49.4 Å². The molecule has 2 aromatic carbocycles. The molecule has 0 radical (unpaired) electrons. The fourth-order valence-corrected chi connectivity index (χ4v) is 4.28. The van der Waals surface area contributed by atoms with Crippen LogP contribution in [-0.2, 0) is 17.8 Å². The van der Waals surface area contributed by atoms with Crippen molar-refractivity contribution in [2.24, 2.45) is 5.92 Å². The summed E-state index contributed by atoms with van der Waals surface area (Å²) in [6, 6.07) is 13.9. The molecule has 164 valence electrons.